The first-order valence-corrected chi connectivity index (χ1v) is 15.4. The lowest BCUT2D eigenvalue weighted by Crippen LogP contribution is -3.00. The fourth-order valence-electron chi connectivity index (χ4n) is 5.61. The third kappa shape index (κ3) is 8.55. The molecule has 1 N–H and O–H groups in total. The molecule has 0 saturated heterocycles. The molecule has 2 atom stereocenters. The molecule has 5 rings (SSSR count). The standard InChI is InChI=1S/C34H33F6N6O5.BrH/c1-20-11-24(12-21(2)30(20)51-23(4)47)14-43-17-41-44(19-43)15-33(49,28-10-5-25(35)13-29(28)36)22(3)46-32(48)45(18-42-46)26-6-8-27(9-7-26)50-16-34(39,40)31(37)38;/h5-13,17-19,22,31,49H,14-16H2,1-4H3;1H/q+1;/p-1/t22-,33-;/m1./s1. The van der Waals surface area contributed by atoms with Gasteiger partial charge in [0.1, 0.15) is 41.6 Å². The number of esters is 1. The van der Waals surface area contributed by atoms with Crippen molar-refractivity contribution in [3.05, 3.63) is 118 Å². The van der Waals surface area contributed by atoms with Crippen LogP contribution in [0.5, 0.6) is 11.5 Å². The van der Waals surface area contributed by atoms with Crippen molar-refractivity contribution < 1.29 is 67.3 Å². The molecule has 0 unspecified atom stereocenters. The molecule has 0 radical (unpaired) electrons. The summed E-state index contributed by atoms with van der Waals surface area (Å²) < 4.78 is 95.7. The number of aryl methyl sites for hydroxylation is 2. The summed E-state index contributed by atoms with van der Waals surface area (Å²) in [6, 6.07) is 10.0. The second-order valence-electron chi connectivity index (χ2n) is 12.1. The van der Waals surface area contributed by atoms with E-state index < -0.39 is 60.4 Å². The Balaban J connectivity index is 0.00000605. The highest BCUT2D eigenvalue weighted by Gasteiger charge is 2.44. The van der Waals surface area contributed by atoms with Crippen LogP contribution >= 0.6 is 0 Å². The van der Waals surface area contributed by atoms with E-state index in [0.717, 1.165) is 44.4 Å². The molecule has 0 aliphatic heterocycles. The van der Waals surface area contributed by atoms with Crippen LogP contribution < -0.4 is 36.7 Å². The summed E-state index contributed by atoms with van der Waals surface area (Å²) >= 11 is 0. The fraction of sp³-hybridized carbons (Fsp3) is 0.324. The Morgan fingerprint density at radius 3 is 2.27 bits per heavy atom. The lowest BCUT2D eigenvalue weighted by molar-refractivity contribution is -0.689. The number of rotatable bonds is 13. The highest BCUT2D eigenvalue weighted by molar-refractivity contribution is 5.70. The summed E-state index contributed by atoms with van der Waals surface area (Å²) in [5.41, 5.74) is -0.853. The van der Waals surface area contributed by atoms with Crippen LogP contribution in [0, 0.1) is 25.5 Å². The lowest BCUT2D eigenvalue weighted by Gasteiger charge is -2.32. The van der Waals surface area contributed by atoms with E-state index in [9.17, 15) is 36.6 Å². The maximum absolute atomic E-state index is 15.3. The predicted octanol–water partition coefficient (Wildman–Crippen LogP) is 1.82. The molecule has 0 saturated carbocycles. The van der Waals surface area contributed by atoms with Gasteiger partial charge in [-0.2, -0.15) is 13.9 Å². The number of aliphatic hydroxyl groups is 1. The van der Waals surface area contributed by atoms with Gasteiger partial charge in [-0.1, -0.05) is 6.07 Å². The van der Waals surface area contributed by atoms with Gasteiger partial charge in [0, 0.05) is 23.7 Å². The summed E-state index contributed by atoms with van der Waals surface area (Å²) in [5.74, 6) is -6.47. The van der Waals surface area contributed by atoms with Gasteiger partial charge in [0.15, 0.2) is 6.61 Å². The van der Waals surface area contributed by atoms with Gasteiger partial charge in [-0.15, -0.1) is 4.68 Å². The van der Waals surface area contributed by atoms with Crippen LogP contribution in [0.3, 0.4) is 0 Å². The molecule has 2 heterocycles. The van der Waals surface area contributed by atoms with E-state index in [0.29, 0.717) is 18.4 Å². The van der Waals surface area contributed by atoms with Gasteiger partial charge in [0.2, 0.25) is 6.33 Å². The molecule has 11 nitrogen and oxygen atoms in total. The number of alkyl halides is 4. The highest BCUT2D eigenvalue weighted by Crippen LogP contribution is 2.36. The van der Waals surface area contributed by atoms with E-state index in [1.165, 1.54) is 49.1 Å². The van der Waals surface area contributed by atoms with Gasteiger partial charge in [0.25, 0.3) is 6.33 Å². The zero-order valence-corrected chi connectivity index (χ0v) is 29.7. The zero-order chi connectivity index (χ0) is 37.2. The molecule has 0 bridgehead atoms. The normalized spacial score (nSPS) is 13.4. The van der Waals surface area contributed by atoms with E-state index in [4.69, 9.17) is 9.47 Å². The van der Waals surface area contributed by atoms with Gasteiger partial charge < -0.3 is 31.6 Å². The molecule has 0 aliphatic rings. The Morgan fingerprint density at radius 2 is 1.67 bits per heavy atom. The SMILES string of the molecule is CC(=O)Oc1c(C)cc(C[n+]2cnn(C[C@](O)(c3ccc(F)cc3F)[C@@H](C)n3ncn(-c4ccc(OCC(F)(F)C(F)F)cc4)c3=O)c2)cc1C.[Br-]. The molecule has 5 aromatic rings. The lowest BCUT2D eigenvalue weighted by atomic mass is 9.86. The molecule has 278 valence electrons. The minimum absolute atomic E-state index is 0. The van der Waals surface area contributed by atoms with Crippen LogP contribution in [-0.4, -0.2) is 54.2 Å². The summed E-state index contributed by atoms with van der Waals surface area (Å²) in [5, 5.41) is 20.6. The van der Waals surface area contributed by atoms with Gasteiger partial charge in [-0.05, 0) is 79.9 Å². The first kappa shape index (κ1) is 39.8. The molecule has 0 spiro atoms. The van der Waals surface area contributed by atoms with Crippen molar-refractivity contribution in [2.45, 2.75) is 64.8 Å². The number of nitrogens with zero attached hydrogens (tertiary/aromatic N) is 6. The van der Waals surface area contributed by atoms with E-state index >= 15 is 4.39 Å². The first-order valence-electron chi connectivity index (χ1n) is 15.4. The van der Waals surface area contributed by atoms with E-state index in [1.54, 1.807) is 24.7 Å². The Kier molecular flexibility index (Phi) is 12.0. The number of aromatic nitrogens is 6. The van der Waals surface area contributed by atoms with Crippen molar-refractivity contribution in [3.63, 3.8) is 0 Å². The van der Waals surface area contributed by atoms with E-state index in [-0.39, 0.29) is 34.0 Å². The summed E-state index contributed by atoms with van der Waals surface area (Å²) in [7, 11) is 0. The number of hydrogen-bond acceptors (Lipinski definition) is 7. The average molecular weight is 800 g/mol. The van der Waals surface area contributed by atoms with E-state index in [1.807, 2.05) is 12.1 Å². The fourth-order valence-corrected chi connectivity index (χ4v) is 5.61. The number of benzene rings is 3. The number of hydrogen-bond donors (Lipinski definition) is 1. The quantitative estimate of drug-likeness (QED) is 0.0837. The van der Waals surface area contributed by atoms with Crippen molar-refractivity contribution in [1.82, 2.24) is 24.1 Å². The second-order valence-corrected chi connectivity index (χ2v) is 12.1. The number of halogens is 7. The molecular weight excluding hydrogens is 766 g/mol. The monoisotopic (exact) mass is 798 g/mol. The van der Waals surface area contributed by atoms with Crippen LogP contribution in [-0.2, 0) is 23.5 Å². The van der Waals surface area contributed by atoms with Gasteiger partial charge in [0.05, 0.1) is 18.3 Å². The summed E-state index contributed by atoms with van der Waals surface area (Å²) in [6.07, 6.45) is 0.220. The molecule has 0 aliphatic carbocycles. The van der Waals surface area contributed by atoms with Crippen molar-refractivity contribution in [2.75, 3.05) is 6.61 Å². The summed E-state index contributed by atoms with van der Waals surface area (Å²) in [6.45, 7) is 4.68. The Morgan fingerprint density at radius 1 is 1.02 bits per heavy atom. The minimum atomic E-state index is -4.36. The van der Waals surface area contributed by atoms with Crippen LogP contribution in [0.4, 0.5) is 26.3 Å². The molecular formula is C34H33BrF6N6O5. The smallest absolute Gasteiger partial charge is 0.350 e. The third-order valence-corrected chi connectivity index (χ3v) is 8.18. The van der Waals surface area contributed by atoms with Crippen molar-refractivity contribution in [1.29, 1.82) is 0 Å². The first-order chi connectivity index (χ1) is 24.0. The number of carbonyl (C=O) groups is 1. The molecule has 18 heteroatoms. The molecule has 0 fully saturated rings. The Labute approximate surface area is 303 Å². The van der Waals surface area contributed by atoms with Gasteiger partial charge in [-0.25, -0.2) is 36.2 Å². The van der Waals surface area contributed by atoms with Crippen LogP contribution in [0.2, 0.25) is 0 Å². The van der Waals surface area contributed by atoms with Crippen LogP contribution in [0.25, 0.3) is 5.69 Å². The van der Waals surface area contributed by atoms with Crippen molar-refractivity contribution in [2.24, 2.45) is 0 Å². The van der Waals surface area contributed by atoms with Crippen LogP contribution in [0.15, 0.2) is 78.4 Å². The molecule has 2 aromatic heterocycles. The summed E-state index contributed by atoms with van der Waals surface area (Å²) in [4.78, 5) is 25.1. The van der Waals surface area contributed by atoms with Gasteiger partial charge >= 0.3 is 24.0 Å². The Bertz CT molecular complexity index is 2080. The molecule has 52 heavy (non-hydrogen) atoms. The highest BCUT2D eigenvalue weighted by atomic mass is 79.9. The topological polar surface area (TPSA) is 117 Å². The maximum Gasteiger partial charge on any atom is 0.350 e. The number of ether oxygens (including phenoxy) is 2. The number of carbonyl (C=O) groups excluding carboxylic acids is 1. The maximum atomic E-state index is 15.3. The third-order valence-electron chi connectivity index (χ3n) is 8.18. The van der Waals surface area contributed by atoms with Crippen LogP contribution in [0.1, 0.15) is 42.1 Å². The van der Waals surface area contributed by atoms with Crippen molar-refractivity contribution in [3.8, 4) is 17.2 Å². The second kappa shape index (κ2) is 15.7. The molecule has 3 aromatic carbocycles. The average Bonchev–Trinajstić information content (AvgIpc) is 3.66. The largest absolute Gasteiger partial charge is 1.00 e. The van der Waals surface area contributed by atoms with E-state index in [2.05, 4.69) is 10.2 Å². The Hall–Kier alpha value is -4.97. The predicted molar refractivity (Wildman–Crippen MR) is 168 cm³/mol. The van der Waals surface area contributed by atoms with Gasteiger partial charge in [-0.3, -0.25) is 4.79 Å². The molecule has 0 amide bonds. The van der Waals surface area contributed by atoms with Crippen molar-refractivity contribution >= 4 is 5.97 Å². The zero-order valence-electron chi connectivity index (χ0n) is 28.1. The minimum Gasteiger partial charge on any atom is -1.00 e.